The molecule has 0 aliphatic heterocycles. The lowest BCUT2D eigenvalue weighted by molar-refractivity contribution is 0.250. The fourth-order valence-electron chi connectivity index (χ4n) is 1.79. The van der Waals surface area contributed by atoms with Crippen LogP contribution in [0.3, 0.4) is 0 Å². The van der Waals surface area contributed by atoms with Crippen molar-refractivity contribution < 1.29 is 4.79 Å². The van der Waals surface area contributed by atoms with Crippen LogP contribution in [-0.2, 0) is 0 Å². The Morgan fingerprint density at radius 2 is 2.19 bits per heavy atom. The second-order valence-electron chi connectivity index (χ2n) is 4.72. The summed E-state index contributed by atoms with van der Waals surface area (Å²) >= 11 is 1.61. The van der Waals surface area contributed by atoms with Gasteiger partial charge >= 0.3 is 6.03 Å². The molecule has 0 saturated heterocycles. The van der Waals surface area contributed by atoms with E-state index >= 15 is 0 Å². The van der Waals surface area contributed by atoms with Crippen molar-refractivity contribution in [1.82, 2.24) is 24.9 Å². The van der Waals surface area contributed by atoms with Crippen LogP contribution >= 0.6 is 11.3 Å². The predicted octanol–water partition coefficient (Wildman–Crippen LogP) is 2.38. The Labute approximate surface area is 125 Å². The van der Waals surface area contributed by atoms with E-state index in [1.54, 1.807) is 17.5 Å². The van der Waals surface area contributed by atoms with E-state index in [1.165, 1.54) is 4.52 Å². The van der Waals surface area contributed by atoms with Gasteiger partial charge in [0.15, 0.2) is 0 Å². The molecule has 0 aliphatic carbocycles. The highest BCUT2D eigenvalue weighted by atomic mass is 32.1. The summed E-state index contributed by atoms with van der Waals surface area (Å²) < 4.78 is 1.53. The van der Waals surface area contributed by atoms with Gasteiger partial charge in [-0.15, -0.1) is 16.4 Å². The van der Waals surface area contributed by atoms with Crippen molar-refractivity contribution in [2.75, 3.05) is 5.32 Å². The first-order valence-corrected chi connectivity index (χ1v) is 7.34. The SMILES string of the molecule is CC(C)NC(=O)Nc1nc2nc(-c3cccs3)ccn2n1. The summed E-state index contributed by atoms with van der Waals surface area (Å²) in [6.45, 7) is 3.76. The zero-order valence-electron chi connectivity index (χ0n) is 11.6. The maximum Gasteiger partial charge on any atom is 0.321 e. The van der Waals surface area contributed by atoms with Gasteiger partial charge in [0.2, 0.25) is 0 Å². The van der Waals surface area contributed by atoms with Crippen LogP contribution in [0, 0.1) is 0 Å². The van der Waals surface area contributed by atoms with Gasteiger partial charge in [0.1, 0.15) is 0 Å². The molecule has 0 fully saturated rings. The molecule has 0 saturated carbocycles. The Bertz CT molecular complexity index is 764. The Morgan fingerprint density at radius 1 is 1.33 bits per heavy atom. The van der Waals surface area contributed by atoms with E-state index in [1.807, 2.05) is 37.4 Å². The van der Waals surface area contributed by atoms with E-state index < -0.39 is 0 Å². The standard InChI is InChI=1S/C13H14N6OS/c1-8(2)14-13(20)17-11-16-12-15-9(5-6-19(12)18-11)10-4-3-7-21-10/h3-8H,1-2H3,(H2,14,17,18,20). The van der Waals surface area contributed by atoms with E-state index in [0.29, 0.717) is 5.78 Å². The topological polar surface area (TPSA) is 84.2 Å². The number of fused-ring (bicyclic) bond motifs is 1. The molecule has 2 amide bonds. The van der Waals surface area contributed by atoms with Crippen LogP contribution in [0.25, 0.3) is 16.3 Å². The summed E-state index contributed by atoms with van der Waals surface area (Å²) in [7, 11) is 0. The number of anilines is 1. The molecule has 0 spiro atoms. The quantitative estimate of drug-likeness (QED) is 0.778. The molecule has 3 heterocycles. The van der Waals surface area contributed by atoms with Gasteiger partial charge in [-0.1, -0.05) is 6.07 Å². The number of nitrogens with one attached hydrogen (secondary N) is 2. The molecule has 3 aromatic rings. The molecule has 7 nitrogen and oxygen atoms in total. The van der Waals surface area contributed by atoms with Crippen molar-refractivity contribution in [1.29, 1.82) is 0 Å². The number of aromatic nitrogens is 4. The van der Waals surface area contributed by atoms with Gasteiger partial charge in [0.25, 0.3) is 11.7 Å². The molecular weight excluding hydrogens is 288 g/mol. The van der Waals surface area contributed by atoms with E-state index in [-0.39, 0.29) is 18.0 Å². The van der Waals surface area contributed by atoms with Gasteiger partial charge in [-0.25, -0.2) is 14.3 Å². The predicted molar refractivity (Wildman–Crippen MR) is 81.4 cm³/mol. The molecule has 0 radical (unpaired) electrons. The first-order chi connectivity index (χ1) is 10.1. The van der Waals surface area contributed by atoms with Crippen molar-refractivity contribution >= 4 is 29.1 Å². The molecule has 0 bridgehead atoms. The highest BCUT2D eigenvalue weighted by molar-refractivity contribution is 7.13. The molecule has 108 valence electrons. The normalized spacial score (nSPS) is 11.0. The van der Waals surface area contributed by atoms with Crippen LogP contribution in [-0.4, -0.2) is 31.7 Å². The Morgan fingerprint density at radius 3 is 2.90 bits per heavy atom. The summed E-state index contributed by atoms with van der Waals surface area (Å²) in [5.74, 6) is 0.671. The number of carbonyl (C=O) groups excluding carboxylic acids is 1. The molecule has 8 heteroatoms. The van der Waals surface area contributed by atoms with Crippen LogP contribution < -0.4 is 10.6 Å². The lowest BCUT2D eigenvalue weighted by Gasteiger charge is -2.06. The third-order valence-electron chi connectivity index (χ3n) is 2.63. The molecule has 0 aromatic carbocycles. The molecule has 0 unspecified atom stereocenters. The smallest absolute Gasteiger partial charge is 0.321 e. The molecule has 21 heavy (non-hydrogen) atoms. The summed E-state index contributed by atoms with van der Waals surface area (Å²) in [5, 5.41) is 11.4. The van der Waals surface area contributed by atoms with E-state index in [4.69, 9.17) is 0 Å². The first kappa shape index (κ1) is 13.5. The third kappa shape index (κ3) is 3.00. The second-order valence-corrected chi connectivity index (χ2v) is 5.67. The summed E-state index contributed by atoms with van der Waals surface area (Å²) in [6, 6.07) is 5.55. The summed E-state index contributed by atoms with van der Waals surface area (Å²) in [4.78, 5) is 21.3. The lowest BCUT2D eigenvalue weighted by Crippen LogP contribution is -2.34. The van der Waals surface area contributed by atoms with E-state index in [9.17, 15) is 4.79 Å². The molecular formula is C13H14N6OS. The largest absolute Gasteiger partial charge is 0.336 e. The monoisotopic (exact) mass is 302 g/mol. The molecule has 3 aromatic heterocycles. The minimum absolute atomic E-state index is 0.0468. The zero-order chi connectivity index (χ0) is 14.8. The van der Waals surface area contributed by atoms with Crippen LogP contribution in [0.15, 0.2) is 29.8 Å². The van der Waals surface area contributed by atoms with Crippen LogP contribution in [0.5, 0.6) is 0 Å². The highest BCUT2D eigenvalue weighted by Gasteiger charge is 2.10. The van der Waals surface area contributed by atoms with Crippen molar-refractivity contribution in [2.45, 2.75) is 19.9 Å². The zero-order valence-corrected chi connectivity index (χ0v) is 12.4. The first-order valence-electron chi connectivity index (χ1n) is 6.46. The third-order valence-corrected chi connectivity index (χ3v) is 3.52. The molecule has 2 N–H and O–H groups in total. The van der Waals surface area contributed by atoms with E-state index in [2.05, 4.69) is 25.7 Å². The van der Waals surface area contributed by atoms with Crippen molar-refractivity contribution in [2.24, 2.45) is 0 Å². The van der Waals surface area contributed by atoms with Crippen molar-refractivity contribution in [3.8, 4) is 10.6 Å². The number of thiophene rings is 1. The Hall–Kier alpha value is -2.48. The number of hydrogen-bond acceptors (Lipinski definition) is 5. The highest BCUT2D eigenvalue weighted by Crippen LogP contribution is 2.22. The van der Waals surface area contributed by atoms with Crippen LogP contribution in [0.4, 0.5) is 10.7 Å². The number of amides is 2. The Kier molecular flexibility index (Phi) is 3.53. The number of urea groups is 1. The van der Waals surface area contributed by atoms with Gasteiger partial charge in [0, 0.05) is 12.2 Å². The van der Waals surface area contributed by atoms with Crippen molar-refractivity contribution in [3.05, 3.63) is 29.8 Å². The Balaban J connectivity index is 1.85. The molecule has 0 atom stereocenters. The maximum absolute atomic E-state index is 11.6. The fraction of sp³-hybridized carbons (Fsp3) is 0.231. The minimum atomic E-state index is -0.334. The number of hydrogen-bond donors (Lipinski definition) is 2. The van der Waals surface area contributed by atoms with Gasteiger partial charge in [-0.05, 0) is 31.4 Å². The average molecular weight is 302 g/mol. The van der Waals surface area contributed by atoms with Crippen LogP contribution in [0.2, 0.25) is 0 Å². The van der Waals surface area contributed by atoms with Gasteiger partial charge < -0.3 is 5.32 Å². The van der Waals surface area contributed by atoms with Gasteiger partial charge in [0.05, 0.1) is 10.6 Å². The number of rotatable bonds is 3. The fourth-order valence-corrected chi connectivity index (χ4v) is 2.49. The molecule has 0 aliphatic rings. The van der Waals surface area contributed by atoms with E-state index in [0.717, 1.165) is 10.6 Å². The summed E-state index contributed by atoms with van der Waals surface area (Å²) in [5.41, 5.74) is 0.836. The van der Waals surface area contributed by atoms with Gasteiger partial charge in [-0.3, -0.25) is 5.32 Å². The second kappa shape index (κ2) is 5.49. The summed E-state index contributed by atoms with van der Waals surface area (Å²) in [6.07, 6.45) is 1.77. The number of nitrogens with zero attached hydrogens (tertiary/aromatic N) is 4. The lowest BCUT2D eigenvalue weighted by atomic mass is 10.3. The van der Waals surface area contributed by atoms with Crippen LogP contribution in [0.1, 0.15) is 13.8 Å². The number of carbonyl (C=O) groups is 1. The van der Waals surface area contributed by atoms with Gasteiger partial charge in [-0.2, -0.15) is 4.98 Å². The maximum atomic E-state index is 11.6. The van der Waals surface area contributed by atoms with Crippen molar-refractivity contribution in [3.63, 3.8) is 0 Å². The minimum Gasteiger partial charge on any atom is -0.336 e. The molecule has 3 rings (SSSR count). The average Bonchev–Trinajstić information content (AvgIpc) is 3.04.